The van der Waals surface area contributed by atoms with Crippen molar-refractivity contribution in [3.05, 3.63) is 156 Å². The van der Waals surface area contributed by atoms with E-state index in [0.29, 0.717) is 26.4 Å². The summed E-state index contributed by atoms with van der Waals surface area (Å²) in [6.07, 6.45) is -2.08. The van der Waals surface area contributed by atoms with E-state index in [1.165, 1.54) is 0 Å². The molecule has 0 N–H and O–H groups in total. The van der Waals surface area contributed by atoms with Gasteiger partial charge in [0.05, 0.1) is 76.3 Å². The minimum atomic E-state index is -0.912. The standard InChI is InChI=1S/C64H88O12/c1-11-35-66-55-41(5)51(12-2)70-61(44(55)8)74-56-42(6)52(13-3)71-62(45(56)9)75-57-43(7)53(14-4)72-63(46(57)10)76-60-59(68-38-49-31-23-17-24-32-49)58(67-37-48-29-21-16-22-30-48)54(40-65-36-47-27-19-15-20-28-47)73-64(60)69-39-50-33-25-18-26-34-50/h11,15-34,41-46,51-64H,1,12-14,35-40H2,2-10H3/t41-,42-,43-,44?,45?,46?,51?,52?,53?,54?,55+,56+,57+,58-,59-,60?,61-,62-,63-,64+/m1/s1. The van der Waals surface area contributed by atoms with Gasteiger partial charge in [-0.25, -0.2) is 0 Å². The zero-order chi connectivity index (χ0) is 53.6. The predicted molar refractivity (Wildman–Crippen MR) is 292 cm³/mol. The molecule has 12 nitrogen and oxygen atoms in total. The maximum Gasteiger partial charge on any atom is 0.187 e. The minimum absolute atomic E-state index is 0.00308. The van der Waals surface area contributed by atoms with E-state index in [1.54, 1.807) is 0 Å². The van der Waals surface area contributed by atoms with Crippen molar-refractivity contribution >= 4 is 0 Å². The highest BCUT2D eigenvalue weighted by Crippen LogP contribution is 2.44. The van der Waals surface area contributed by atoms with Gasteiger partial charge < -0.3 is 56.8 Å². The fourth-order valence-electron chi connectivity index (χ4n) is 11.9. The molecule has 4 saturated heterocycles. The lowest BCUT2D eigenvalue weighted by Crippen LogP contribution is -2.64. The van der Waals surface area contributed by atoms with Crippen LogP contribution in [0.2, 0.25) is 0 Å². The third-order valence-corrected chi connectivity index (χ3v) is 16.4. The van der Waals surface area contributed by atoms with Gasteiger partial charge in [0.1, 0.15) is 24.4 Å². The van der Waals surface area contributed by atoms with Crippen molar-refractivity contribution in [2.24, 2.45) is 35.5 Å². The molecule has 12 heteroatoms. The smallest absolute Gasteiger partial charge is 0.187 e. The number of ether oxygens (including phenoxy) is 12. The van der Waals surface area contributed by atoms with Gasteiger partial charge in [0.25, 0.3) is 0 Å². The van der Waals surface area contributed by atoms with Gasteiger partial charge in [-0.2, -0.15) is 0 Å². The Hall–Kier alpha value is -3.86. The van der Waals surface area contributed by atoms with E-state index in [0.717, 1.165) is 41.5 Å². The lowest BCUT2D eigenvalue weighted by Gasteiger charge is -2.52. The van der Waals surface area contributed by atoms with Crippen molar-refractivity contribution < 1.29 is 56.8 Å². The van der Waals surface area contributed by atoms with Crippen LogP contribution in [0.5, 0.6) is 0 Å². The van der Waals surface area contributed by atoms with Crippen LogP contribution in [0.15, 0.2) is 134 Å². The number of rotatable bonds is 25. The summed E-state index contributed by atoms with van der Waals surface area (Å²) in [5.41, 5.74) is 4.08. The van der Waals surface area contributed by atoms with Gasteiger partial charge in [0.2, 0.25) is 0 Å². The molecular formula is C64H88O12. The molecule has 4 heterocycles. The molecule has 0 saturated carbocycles. The lowest BCUT2D eigenvalue weighted by atomic mass is 9.82. The third-order valence-electron chi connectivity index (χ3n) is 16.4. The Balaban J connectivity index is 1.09. The topological polar surface area (TPSA) is 111 Å². The maximum absolute atomic E-state index is 7.44. The van der Waals surface area contributed by atoms with Crippen LogP contribution in [-0.2, 0) is 83.3 Å². The molecule has 8 rings (SSSR count). The van der Waals surface area contributed by atoms with Crippen molar-refractivity contribution in [1.29, 1.82) is 0 Å². The fourth-order valence-corrected chi connectivity index (χ4v) is 11.9. The first kappa shape index (κ1) is 58.3. The van der Waals surface area contributed by atoms with Crippen LogP contribution < -0.4 is 0 Å². The van der Waals surface area contributed by atoms with E-state index >= 15 is 0 Å². The van der Waals surface area contributed by atoms with Crippen LogP contribution in [-0.4, -0.2) is 99.4 Å². The van der Waals surface area contributed by atoms with Crippen LogP contribution >= 0.6 is 0 Å². The van der Waals surface area contributed by atoms with Crippen LogP contribution in [0.1, 0.15) is 104 Å². The first-order valence-electron chi connectivity index (χ1n) is 28.4. The van der Waals surface area contributed by atoms with E-state index in [1.807, 2.05) is 91.0 Å². The largest absolute Gasteiger partial charge is 0.374 e. The number of benzene rings is 4. The summed E-state index contributed by atoms with van der Waals surface area (Å²) in [6, 6.07) is 40.6. The van der Waals surface area contributed by atoms with Gasteiger partial charge in [0, 0.05) is 35.5 Å². The second-order valence-corrected chi connectivity index (χ2v) is 21.8. The molecule has 0 radical (unpaired) electrons. The minimum Gasteiger partial charge on any atom is -0.374 e. The molecule has 0 aromatic heterocycles. The molecule has 0 amide bonds. The second kappa shape index (κ2) is 28.9. The molecule has 416 valence electrons. The highest BCUT2D eigenvalue weighted by Gasteiger charge is 2.54. The Labute approximate surface area is 454 Å². The van der Waals surface area contributed by atoms with E-state index in [9.17, 15) is 0 Å². The maximum atomic E-state index is 7.44. The average molecular weight is 1050 g/mol. The lowest BCUT2D eigenvalue weighted by molar-refractivity contribution is -0.378. The van der Waals surface area contributed by atoms with Gasteiger partial charge in [-0.15, -0.1) is 6.58 Å². The quantitative estimate of drug-likeness (QED) is 0.0589. The molecule has 4 aliphatic heterocycles. The van der Waals surface area contributed by atoms with Gasteiger partial charge in [0.15, 0.2) is 25.2 Å². The molecule has 0 spiro atoms. The molecule has 76 heavy (non-hydrogen) atoms. The Bertz CT molecular complexity index is 2260. The molecule has 0 bridgehead atoms. The normalized spacial score (nSPS) is 35.9. The zero-order valence-corrected chi connectivity index (χ0v) is 46.6. The summed E-state index contributed by atoms with van der Waals surface area (Å²) >= 11 is 0. The van der Waals surface area contributed by atoms with Crippen LogP contribution in [0.3, 0.4) is 0 Å². The van der Waals surface area contributed by atoms with Crippen molar-refractivity contribution in [1.82, 2.24) is 0 Å². The van der Waals surface area contributed by atoms with Gasteiger partial charge in [-0.05, 0) is 41.5 Å². The van der Waals surface area contributed by atoms with Crippen LogP contribution in [0.4, 0.5) is 0 Å². The van der Waals surface area contributed by atoms with Gasteiger partial charge in [-0.3, -0.25) is 0 Å². The Morgan fingerprint density at radius 1 is 0.368 bits per heavy atom. The summed E-state index contributed by atoms with van der Waals surface area (Å²) in [4.78, 5) is 0. The molecule has 4 aromatic carbocycles. The second-order valence-electron chi connectivity index (χ2n) is 21.8. The molecular weight excluding hydrogens is 961 g/mol. The first-order chi connectivity index (χ1) is 37.0. The highest BCUT2D eigenvalue weighted by molar-refractivity contribution is 5.16. The zero-order valence-electron chi connectivity index (χ0n) is 46.6. The summed E-state index contributed by atoms with van der Waals surface area (Å²) in [5, 5.41) is 0. The number of hydrogen-bond donors (Lipinski definition) is 0. The summed E-state index contributed by atoms with van der Waals surface area (Å²) in [5.74, 6) is -0.109. The van der Waals surface area contributed by atoms with Crippen molar-refractivity contribution in [3.8, 4) is 0 Å². The summed E-state index contributed by atoms with van der Waals surface area (Å²) in [6.45, 7) is 25.6. The molecule has 4 aliphatic rings. The first-order valence-corrected chi connectivity index (χ1v) is 28.4. The van der Waals surface area contributed by atoms with Crippen molar-refractivity contribution in [2.75, 3.05) is 13.2 Å². The average Bonchev–Trinajstić information content (AvgIpc) is 3.46. The fraction of sp³-hybridized carbons (Fsp3) is 0.594. The third kappa shape index (κ3) is 14.7. The molecule has 8 unspecified atom stereocenters. The SMILES string of the molecule is C=CCO[C@@H]1C(C)[C@@H](O[C@@H]2C(C)[C@@H](O[C@@H]3C(C)[C@@H](OC4[C@@H](OCc5ccccc5)OC(COCc5ccccc5)[C@@H](OCc5ccccc5)[C@H]4OCc4ccccc4)OC(CC)[C@H]3C)OC(CC)[C@H]2C)OC(CC)[C@H]1C. The molecule has 4 fully saturated rings. The number of hydrogen-bond acceptors (Lipinski definition) is 12. The summed E-state index contributed by atoms with van der Waals surface area (Å²) in [7, 11) is 0. The van der Waals surface area contributed by atoms with E-state index < -0.39 is 49.6 Å². The van der Waals surface area contributed by atoms with E-state index in [-0.39, 0.29) is 85.3 Å². The van der Waals surface area contributed by atoms with Gasteiger partial charge >= 0.3 is 0 Å². The molecule has 4 aromatic rings. The molecule has 0 aliphatic carbocycles. The van der Waals surface area contributed by atoms with Gasteiger partial charge in [-0.1, -0.05) is 190 Å². The van der Waals surface area contributed by atoms with E-state index in [2.05, 4.69) is 105 Å². The molecule has 20 atom stereocenters. The van der Waals surface area contributed by atoms with Crippen molar-refractivity contribution in [2.45, 2.75) is 194 Å². The van der Waals surface area contributed by atoms with Crippen LogP contribution in [0.25, 0.3) is 0 Å². The summed E-state index contributed by atoms with van der Waals surface area (Å²) < 4.78 is 83.8. The Morgan fingerprint density at radius 3 is 1.14 bits per heavy atom. The van der Waals surface area contributed by atoms with Crippen LogP contribution in [0, 0.1) is 35.5 Å². The monoisotopic (exact) mass is 1050 g/mol. The Kier molecular flexibility index (Phi) is 22.1. The highest BCUT2D eigenvalue weighted by atomic mass is 16.8. The Morgan fingerprint density at radius 2 is 0.724 bits per heavy atom. The van der Waals surface area contributed by atoms with Crippen molar-refractivity contribution in [3.63, 3.8) is 0 Å². The van der Waals surface area contributed by atoms with E-state index in [4.69, 9.17) is 56.8 Å². The predicted octanol–water partition coefficient (Wildman–Crippen LogP) is 12.3.